The van der Waals surface area contributed by atoms with Crippen molar-refractivity contribution in [1.29, 1.82) is 0 Å². The number of likely N-dealkylation sites (tertiary alicyclic amines) is 1. The van der Waals surface area contributed by atoms with E-state index < -0.39 is 11.5 Å². The SMILES string of the molecule is CNC(=O)C1(Nc2ccn(C)n2)CCN(C(=O)c2ccnc(F)c2)CC1. The summed E-state index contributed by atoms with van der Waals surface area (Å²) in [6.07, 6.45) is 3.89. The molecule has 1 aliphatic heterocycles. The number of carbonyl (C=O) groups excluding carboxylic acids is 2. The first-order valence-corrected chi connectivity index (χ1v) is 8.34. The van der Waals surface area contributed by atoms with Crippen molar-refractivity contribution < 1.29 is 14.0 Å². The van der Waals surface area contributed by atoms with Gasteiger partial charge in [-0.2, -0.15) is 9.49 Å². The molecule has 3 rings (SSSR count). The van der Waals surface area contributed by atoms with Crippen molar-refractivity contribution in [3.05, 3.63) is 42.1 Å². The Labute approximate surface area is 150 Å². The van der Waals surface area contributed by atoms with E-state index in [9.17, 15) is 14.0 Å². The molecule has 2 amide bonds. The van der Waals surface area contributed by atoms with Crippen LogP contribution in [0.1, 0.15) is 23.2 Å². The standard InChI is InChI=1S/C17H21FN6O2/c1-19-16(26)17(21-14-4-8-23(2)22-14)5-9-24(10-6-17)15(25)12-3-7-20-13(18)11-12/h3-4,7-8,11H,5-6,9-10H2,1-2H3,(H,19,26)(H,21,22). The number of hydrogen-bond acceptors (Lipinski definition) is 5. The summed E-state index contributed by atoms with van der Waals surface area (Å²) < 4.78 is 14.9. The Balaban J connectivity index is 1.74. The van der Waals surface area contributed by atoms with Crippen LogP contribution in [0.15, 0.2) is 30.6 Å². The van der Waals surface area contributed by atoms with E-state index in [-0.39, 0.29) is 17.4 Å². The lowest BCUT2D eigenvalue weighted by atomic mass is 9.86. The number of carbonyl (C=O) groups is 2. The molecule has 8 nitrogen and oxygen atoms in total. The van der Waals surface area contributed by atoms with Crippen LogP contribution in [0.5, 0.6) is 0 Å². The first-order chi connectivity index (χ1) is 12.4. The molecule has 1 fully saturated rings. The Morgan fingerprint density at radius 1 is 1.27 bits per heavy atom. The fraction of sp³-hybridized carbons (Fsp3) is 0.412. The van der Waals surface area contributed by atoms with Gasteiger partial charge in [-0.05, 0) is 18.9 Å². The summed E-state index contributed by atoms with van der Waals surface area (Å²) >= 11 is 0. The maximum absolute atomic E-state index is 13.3. The van der Waals surface area contributed by atoms with Crippen molar-refractivity contribution >= 4 is 17.6 Å². The third-order valence-corrected chi connectivity index (χ3v) is 4.62. The van der Waals surface area contributed by atoms with Crippen LogP contribution < -0.4 is 10.6 Å². The Bertz CT molecular complexity index is 813. The minimum absolute atomic E-state index is 0.148. The molecule has 1 aliphatic rings. The molecule has 2 aromatic heterocycles. The van der Waals surface area contributed by atoms with Crippen molar-refractivity contribution in [2.75, 3.05) is 25.5 Å². The quantitative estimate of drug-likeness (QED) is 0.787. The molecule has 1 saturated heterocycles. The van der Waals surface area contributed by atoms with Gasteiger partial charge in [-0.15, -0.1) is 0 Å². The summed E-state index contributed by atoms with van der Waals surface area (Å²) in [4.78, 5) is 30.2. The maximum atomic E-state index is 13.3. The van der Waals surface area contributed by atoms with E-state index in [0.29, 0.717) is 31.7 Å². The molecule has 0 saturated carbocycles. The predicted octanol–water partition coefficient (Wildman–Crippen LogP) is 0.787. The van der Waals surface area contributed by atoms with Gasteiger partial charge in [0.25, 0.3) is 5.91 Å². The van der Waals surface area contributed by atoms with Crippen molar-refractivity contribution in [3.8, 4) is 0 Å². The summed E-state index contributed by atoms with van der Waals surface area (Å²) in [5.74, 6) is -0.503. The molecule has 3 heterocycles. The summed E-state index contributed by atoms with van der Waals surface area (Å²) in [5, 5.41) is 10.2. The van der Waals surface area contributed by atoms with E-state index in [4.69, 9.17) is 0 Å². The number of likely N-dealkylation sites (N-methyl/N-ethyl adjacent to an activating group) is 1. The number of nitrogens with one attached hydrogen (secondary N) is 2. The monoisotopic (exact) mass is 360 g/mol. The van der Waals surface area contributed by atoms with Gasteiger partial charge in [-0.3, -0.25) is 14.3 Å². The summed E-state index contributed by atoms with van der Waals surface area (Å²) in [6.45, 7) is 0.742. The zero-order valence-electron chi connectivity index (χ0n) is 14.7. The average molecular weight is 360 g/mol. The number of aromatic nitrogens is 3. The summed E-state index contributed by atoms with van der Waals surface area (Å²) in [5.41, 5.74) is -0.591. The number of pyridine rings is 1. The molecule has 2 aromatic rings. The van der Waals surface area contributed by atoms with Crippen molar-refractivity contribution in [2.24, 2.45) is 7.05 Å². The molecular weight excluding hydrogens is 339 g/mol. The molecule has 138 valence electrons. The average Bonchev–Trinajstić information content (AvgIpc) is 3.05. The highest BCUT2D eigenvalue weighted by molar-refractivity contribution is 5.95. The zero-order valence-corrected chi connectivity index (χ0v) is 14.7. The summed E-state index contributed by atoms with van der Waals surface area (Å²) in [7, 11) is 3.38. The van der Waals surface area contributed by atoms with Gasteiger partial charge >= 0.3 is 0 Å². The highest BCUT2D eigenvalue weighted by Crippen LogP contribution is 2.27. The number of anilines is 1. The molecule has 9 heteroatoms. The Morgan fingerprint density at radius 3 is 2.58 bits per heavy atom. The summed E-state index contributed by atoms with van der Waals surface area (Å²) in [6, 6.07) is 4.40. The van der Waals surface area contributed by atoms with Crippen molar-refractivity contribution in [2.45, 2.75) is 18.4 Å². The molecule has 0 bridgehead atoms. The number of hydrogen-bond donors (Lipinski definition) is 2. The molecule has 0 radical (unpaired) electrons. The van der Waals surface area contributed by atoms with Gasteiger partial charge in [-0.1, -0.05) is 0 Å². The third-order valence-electron chi connectivity index (χ3n) is 4.62. The third kappa shape index (κ3) is 3.51. The van der Waals surface area contributed by atoms with E-state index in [1.165, 1.54) is 12.3 Å². The van der Waals surface area contributed by atoms with Gasteiger partial charge in [0.15, 0.2) is 0 Å². The fourth-order valence-electron chi connectivity index (χ4n) is 3.18. The number of rotatable bonds is 4. The topological polar surface area (TPSA) is 92.2 Å². The molecule has 0 aliphatic carbocycles. The second kappa shape index (κ2) is 7.11. The van der Waals surface area contributed by atoms with Crippen LogP contribution >= 0.6 is 0 Å². The van der Waals surface area contributed by atoms with Crippen LogP contribution in [0.4, 0.5) is 10.2 Å². The van der Waals surface area contributed by atoms with Gasteiger partial charge in [0.2, 0.25) is 11.9 Å². The van der Waals surface area contributed by atoms with Gasteiger partial charge in [0, 0.05) is 57.3 Å². The van der Waals surface area contributed by atoms with Gasteiger partial charge in [0.1, 0.15) is 11.4 Å². The number of piperidine rings is 1. The second-order valence-corrected chi connectivity index (χ2v) is 6.32. The number of halogens is 1. The minimum Gasteiger partial charge on any atom is -0.357 e. The lowest BCUT2D eigenvalue weighted by Gasteiger charge is -2.41. The van der Waals surface area contributed by atoms with Gasteiger partial charge < -0.3 is 15.5 Å². The predicted molar refractivity (Wildman–Crippen MR) is 93.0 cm³/mol. The molecular formula is C17H21FN6O2. The number of amides is 2. The van der Waals surface area contributed by atoms with E-state index >= 15 is 0 Å². The van der Waals surface area contributed by atoms with Gasteiger partial charge in [0.05, 0.1) is 0 Å². The Morgan fingerprint density at radius 2 is 2.00 bits per heavy atom. The van der Waals surface area contributed by atoms with Crippen LogP contribution in [0.2, 0.25) is 0 Å². The van der Waals surface area contributed by atoms with Crippen LogP contribution in [0.25, 0.3) is 0 Å². The van der Waals surface area contributed by atoms with E-state index in [0.717, 1.165) is 6.07 Å². The molecule has 0 unspecified atom stereocenters. The van der Waals surface area contributed by atoms with Crippen LogP contribution in [0.3, 0.4) is 0 Å². The largest absolute Gasteiger partial charge is 0.357 e. The van der Waals surface area contributed by atoms with E-state index in [2.05, 4.69) is 20.7 Å². The van der Waals surface area contributed by atoms with Gasteiger partial charge in [-0.25, -0.2) is 4.98 Å². The maximum Gasteiger partial charge on any atom is 0.254 e. The van der Waals surface area contributed by atoms with Crippen LogP contribution in [-0.2, 0) is 11.8 Å². The van der Waals surface area contributed by atoms with Crippen LogP contribution in [-0.4, -0.2) is 57.2 Å². The van der Waals surface area contributed by atoms with E-state index in [1.54, 1.807) is 35.9 Å². The number of nitrogens with zero attached hydrogens (tertiary/aromatic N) is 4. The first-order valence-electron chi connectivity index (χ1n) is 8.34. The smallest absolute Gasteiger partial charge is 0.254 e. The molecule has 0 atom stereocenters. The lowest BCUT2D eigenvalue weighted by molar-refractivity contribution is -0.126. The first kappa shape index (κ1) is 17.8. The molecule has 26 heavy (non-hydrogen) atoms. The lowest BCUT2D eigenvalue weighted by Crippen LogP contribution is -2.58. The van der Waals surface area contributed by atoms with Crippen LogP contribution in [0, 0.1) is 5.95 Å². The highest BCUT2D eigenvalue weighted by Gasteiger charge is 2.42. The Kier molecular flexibility index (Phi) is 4.88. The van der Waals surface area contributed by atoms with Crippen molar-refractivity contribution in [3.63, 3.8) is 0 Å². The molecule has 0 spiro atoms. The molecule has 0 aromatic carbocycles. The highest BCUT2D eigenvalue weighted by atomic mass is 19.1. The number of aryl methyl sites for hydroxylation is 1. The normalized spacial score (nSPS) is 16.2. The molecule has 2 N–H and O–H groups in total. The van der Waals surface area contributed by atoms with E-state index in [1.807, 2.05) is 0 Å². The minimum atomic E-state index is -0.844. The Hall–Kier alpha value is -2.97. The zero-order chi connectivity index (χ0) is 18.7. The second-order valence-electron chi connectivity index (χ2n) is 6.32. The van der Waals surface area contributed by atoms with Crippen molar-refractivity contribution in [1.82, 2.24) is 25.0 Å². The fourth-order valence-corrected chi connectivity index (χ4v) is 3.18.